The number of aromatic nitrogens is 2. The highest BCUT2D eigenvalue weighted by Crippen LogP contribution is 2.26. The van der Waals surface area contributed by atoms with Crippen molar-refractivity contribution in [1.29, 1.82) is 0 Å². The van der Waals surface area contributed by atoms with Gasteiger partial charge in [-0.1, -0.05) is 43.8 Å². The van der Waals surface area contributed by atoms with E-state index >= 15 is 0 Å². The van der Waals surface area contributed by atoms with E-state index in [4.69, 9.17) is 4.98 Å². The molecule has 1 amide bonds. The molecule has 0 aliphatic rings. The number of nitrogens with one attached hydrogen (secondary N) is 1. The van der Waals surface area contributed by atoms with Crippen molar-refractivity contribution < 1.29 is 4.79 Å². The fourth-order valence-corrected chi connectivity index (χ4v) is 4.07. The molecular formula is C24H29N3O2S. The number of benzene rings is 2. The number of amides is 1. The summed E-state index contributed by atoms with van der Waals surface area (Å²) in [6.45, 7) is 10.8. The minimum absolute atomic E-state index is 0.0466. The summed E-state index contributed by atoms with van der Waals surface area (Å²) >= 11 is 1.31. The van der Waals surface area contributed by atoms with Crippen LogP contribution in [0.4, 0.5) is 0 Å². The van der Waals surface area contributed by atoms with Crippen molar-refractivity contribution in [2.45, 2.75) is 51.4 Å². The number of rotatable bonds is 7. The maximum absolute atomic E-state index is 13.4. The monoisotopic (exact) mass is 423 g/mol. The van der Waals surface area contributed by atoms with Crippen LogP contribution in [0, 0.1) is 19.8 Å². The zero-order valence-electron chi connectivity index (χ0n) is 18.2. The zero-order chi connectivity index (χ0) is 21.8. The summed E-state index contributed by atoms with van der Waals surface area (Å²) in [6.07, 6.45) is 0.935. The van der Waals surface area contributed by atoms with Crippen molar-refractivity contribution in [1.82, 2.24) is 14.9 Å². The Balaban J connectivity index is 2.01. The molecule has 158 valence electrons. The Morgan fingerprint density at radius 3 is 2.53 bits per heavy atom. The predicted octanol–water partition coefficient (Wildman–Crippen LogP) is 4.65. The van der Waals surface area contributed by atoms with Crippen molar-refractivity contribution in [3.8, 4) is 5.69 Å². The lowest BCUT2D eigenvalue weighted by Crippen LogP contribution is -2.33. The first kappa shape index (κ1) is 22.1. The van der Waals surface area contributed by atoms with Gasteiger partial charge in [0, 0.05) is 6.54 Å². The first-order valence-corrected chi connectivity index (χ1v) is 11.2. The maximum atomic E-state index is 13.4. The molecule has 0 fully saturated rings. The third-order valence-corrected chi connectivity index (χ3v) is 6.22. The third kappa shape index (κ3) is 4.93. The van der Waals surface area contributed by atoms with E-state index in [2.05, 4.69) is 19.2 Å². The minimum atomic E-state index is -0.372. The average molecular weight is 424 g/mol. The van der Waals surface area contributed by atoms with Gasteiger partial charge in [-0.3, -0.25) is 14.2 Å². The molecule has 0 radical (unpaired) electrons. The van der Waals surface area contributed by atoms with Gasteiger partial charge in [0.15, 0.2) is 5.16 Å². The van der Waals surface area contributed by atoms with Crippen LogP contribution in [0.3, 0.4) is 0 Å². The lowest BCUT2D eigenvalue weighted by Gasteiger charge is -2.17. The highest BCUT2D eigenvalue weighted by Gasteiger charge is 2.20. The highest BCUT2D eigenvalue weighted by atomic mass is 32.2. The molecule has 0 aliphatic heterocycles. The number of nitrogens with zero attached hydrogens (tertiary/aromatic N) is 2. The number of carbonyl (C=O) groups is 1. The summed E-state index contributed by atoms with van der Waals surface area (Å²) in [6, 6.07) is 13.3. The van der Waals surface area contributed by atoms with Crippen LogP contribution in [0.25, 0.3) is 16.6 Å². The van der Waals surface area contributed by atoms with Gasteiger partial charge in [-0.05, 0) is 68.5 Å². The number of thioether (sulfide) groups is 1. The number of hydrogen-bond acceptors (Lipinski definition) is 4. The summed E-state index contributed by atoms with van der Waals surface area (Å²) in [5, 5.41) is 3.70. The van der Waals surface area contributed by atoms with Crippen LogP contribution >= 0.6 is 11.8 Å². The molecule has 3 rings (SSSR count). The molecule has 1 N–H and O–H groups in total. The number of hydrogen-bond donors (Lipinski definition) is 1. The predicted molar refractivity (Wildman–Crippen MR) is 125 cm³/mol. The van der Waals surface area contributed by atoms with E-state index in [9.17, 15) is 9.59 Å². The van der Waals surface area contributed by atoms with E-state index in [0.717, 1.165) is 23.2 Å². The molecular weight excluding hydrogens is 394 g/mol. The molecule has 1 aromatic heterocycles. The average Bonchev–Trinajstić information content (AvgIpc) is 2.70. The van der Waals surface area contributed by atoms with E-state index in [-0.39, 0.29) is 16.7 Å². The van der Waals surface area contributed by atoms with Crippen molar-refractivity contribution in [3.05, 3.63) is 63.9 Å². The summed E-state index contributed by atoms with van der Waals surface area (Å²) in [5.74, 6) is 0.486. The number of fused-ring (bicyclic) bond motifs is 1. The standard InChI is InChI=1S/C24H29N3O2S/c1-15(2)12-13-25-22(28)18(5)30-24-26-21-9-7-6-8-20(21)23(29)27(24)19-11-10-16(3)17(4)14-19/h6-11,14-15,18H,12-13H2,1-5H3,(H,25,28). The molecule has 5 nitrogen and oxygen atoms in total. The van der Waals surface area contributed by atoms with Crippen LogP contribution < -0.4 is 10.9 Å². The molecule has 0 bridgehead atoms. The third-order valence-electron chi connectivity index (χ3n) is 5.17. The Kier molecular flexibility index (Phi) is 6.98. The van der Waals surface area contributed by atoms with Gasteiger partial charge in [0.2, 0.25) is 5.91 Å². The van der Waals surface area contributed by atoms with Gasteiger partial charge in [0.25, 0.3) is 5.56 Å². The summed E-state index contributed by atoms with van der Waals surface area (Å²) in [4.78, 5) is 30.7. The molecule has 1 atom stereocenters. The van der Waals surface area contributed by atoms with E-state index < -0.39 is 0 Å². The first-order chi connectivity index (χ1) is 14.3. The van der Waals surface area contributed by atoms with Gasteiger partial charge < -0.3 is 5.32 Å². The maximum Gasteiger partial charge on any atom is 0.266 e. The topological polar surface area (TPSA) is 64.0 Å². The Labute approximate surface area is 181 Å². The van der Waals surface area contributed by atoms with Gasteiger partial charge in [0.1, 0.15) is 0 Å². The Hall–Kier alpha value is -2.60. The molecule has 6 heteroatoms. The number of aryl methyl sites for hydroxylation is 2. The van der Waals surface area contributed by atoms with Crippen LogP contribution in [0.5, 0.6) is 0 Å². The van der Waals surface area contributed by atoms with Gasteiger partial charge in [-0.2, -0.15) is 0 Å². The molecule has 1 heterocycles. The normalized spacial score (nSPS) is 12.3. The largest absolute Gasteiger partial charge is 0.355 e. The van der Waals surface area contributed by atoms with Gasteiger partial charge in [-0.15, -0.1) is 0 Å². The highest BCUT2D eigenvalue weighted by molar-refractivity contribution is 8.00. The first-order valence-electron chi connectivity index (χ1n) is 10.3. The van der Waals surface area contributed by atoms with E-state index in [1.807, 2.05) is 57.2 Å². The molecule has 0 saturated carbocycles. The Morgan fingerprint density at radius 1 is 1.10 bits per heavy atom. The van der Waals surface area contributed by atoms with Crippen LogP contribution in [-0.4, -0.2) is 27.3 Å². The van der Waals surface area contributed by atoms with Crippen LogP contribution in [0.15, 0.2) is 52.4 Å². The fraction of sp³-hybridized carbons (Fsp3) is 0.375. The molecule has 30 heavy (non-hydrogen) atoms. The van der Waals surface area contributed by atoms with E-state index in [0.29, 0.717) is 28.5 Å². The van der Waals surface area contributed by atoms with Gasteiger partial charge in [0.05, 0.1) is 21.8 Å². The Bertz CT molecular complexity index is 1120. The lowest BCUT2D eigenvalue weighted by molar-refractivity contribution is -0.120. The second-order valence-electron chi connectivity index (χ2n) is 8.05. The van der Waals surface area contributed by atoms with Gasteiger partial charge in [-0.25, -0.2) is 4.98 Å². The van der Waals surface area contributed by atoms with Crippen LogP contribution in [-0.2, 0) is 4.79 Å². The molecule has 1 unspecified atom stereocenters. The second-order valence-corrected chi connectivity index (χ2v) is 9.36. The van der Waals surface area contributed by atoms with Crippen molar-refractivity contribution in [2.75, 3.05) is 6.54 Å². The Morgan fingerprint density at radius 2 is 1.83 bits per heavy atom. The summed E-state index contributed by atoms with van der Waals surface area (Å²) < 4.78 is 1.62. The molecule has 0 aliphatic carbocycles. The van der Waals surface area contributed by atoms with E-state index in [1.165, 1.54) is 11.8 Å². The van der Waals surface area contributed by atoms with Crippen molar-refractivity contribution >= 4 is 28.6 Å². The van der Waals surface area contributed by atoms with Crippen molar-refractivity contribution in [2.24, 2.45) is 5.92 Å². The van der Waals surface area contributed by atoms with Crippen molar-refractivity contribution in [3.63, 3.8) is 0 Å². The minimum Gasteiger partial charge on any atom is -0.355 e. The number of para-hydroxylation sites is 1. The summed E-state index contributed by atoms with van der Waals surface area (Å²) in [5.41, 5.74) is 3.53. The second kappa shape index (κ2) is 9.47. The summed E-state index contributed by atoms with van der Waals surface area (Å²) in [7, 11) is 0. The van der Waals surface area contributed by atoms with Crippen LogP contribution in [0.2, 0.25) is 0 Å². The fourth-order valence-electron chi connectivity index (χ4n) is 3.12. The van der Waals surface area contributed by atoms with Crippen LogP contribution in [0.1, 0.15) is 38.3 Å². The SMILES string of the molecule is Cc1ccc(-n2c(SC(C)C(=O)NCCC(C)C)nc3ccccc3c2=O)cc1C. The lowest BCUT2D eigenvalue weighted by atomic mass is 10.1. The molecule has 2 aromatic carbocycles. The smallest absolute Gasteiger partial charge is 0.266 e. The van der Waals surface area contributed by atoms with Gasteiger partial charge >= 0.3 is 0 Å². The quantitative estimate of drug-likeness (QED) is 0.444. The molecule has 0 saturated heterocycles. The number of carbonyl (C=O) groups excluding carboxylic acids is 1. The molecule has 3 aromatic rings. The van der Waals surface area contributed by atoms with E-state index in [1.54, 1.807) is 10.6 Å². The molecule has 0 spiro atoms. The zero-order valence-corrected chi connectivity index (χ0v) is 19.0.